The monoisotopic (exact) mass is 302 g/mol. The van der Waals surface area contributed by atoms with Crippen molar-refractivity contribution in [3.63, 3.8) is 0 Å². The number of nitrogens with zero attached hydrogens (tertiary/aromatic N) is 1. The molecule has 5 heteroatoms. The normalized spacial score (nSPS) is 11.0. The van der Waals surface area contributed by atoms with Crippen LogP contribution in [0.25, 0.3) is 0 Å². The molecule has 0 fully saturated rings. The highest BCUT2D eigenvalue weighted by molar-refractivity contribution is 5.81. The van der Waals surface area contributed by atoms with E-state index in [-0.39, 0.29) is 11.9 Å². The van der Waals surface area contributed by atoms with Gasteiger partial charge in [0.15, 0.2) is 11.5 Å². The van der Waals surface area contributed by atoms with Crippen LogP contribution in [0.5, 0.6) is 11.5 Å². The number of hydrazone groups is 1. The van der Waals surface area contributed by atoms with Crippen LogP contribution in [0.15, 0.2) is 47.6 Å². The van der Waals surface area contributed by atoms with E-state index >= 15 is 0 Å². The average Bonchev–Trinajstić information content (AvgIpc) is 2.50. The van der Waals surface area contributed by atoms with Gasteiger partial charge < -0.3 is 9.47 Å². The summed E-state index contributed by atoms with van der Waals surface area (Å²) < 4.78 is 23.8. The molecule has 2 aromatic carbocycles. The van der Waals surface area contributed by atoms with Gasteiger partial charge in [-0.3, -0.25) is 5.43 Å². The molecule has 1 N–H and O–H groups in total. The van der Waals surface area contributed by atoms with Crippen LogP contribution in [-0.2, 0) is 0 Å². The van der Waals surface area contributed by atoms with E-state index in [0.717, 1.165) is 5.56 Å². The summed E-state index contributed by atoms with van der Waals surface area (Å²) in [5.74, 6) is 1.07. The van der Waals surface area contributed by atoms with Gasteiger partial charge in [0.05, 0.1) is 25.1 Å². The number of methoxy groups -OCH3 is 1. The lowest BCUT2D eigenvalue weighted by atomic mass is 10.2. The van der Waals surface area contributed by atoms with Crippen LogP contribution in [-0.4, -0.2) is 19.4 Å². The van der Waals surface area contributed by atoms with Crippen LogP contribution in [0.1, 0.15) is 19.4 Å². The molecule has 0 aliphatic heterocycles. The smallest absolute Gasteiger partial charge is 0.161 e. The summed E-state index contributed by atoms with van der Waals surface area (Å²) in [6.45, 7) is 3.92. The fourth-order valence-corrected chi connectivity index (χ4v) is 1.82. The van der Waals surface area contributed by atoms with Crippen molar-refractivity contribution in [3.8, 4) is 11.5 Å². The highest BCUT2D eigenvalue weighted by Crippen LogP contribution is 2.28. The molecule has 2 aromatic rings. The van der Waals surface area contributed by atoms with Crippen molar-refractivity contribution in [3.05, 3.63) is 53.8 Å². The average molecular weight is 302 g/mol. The number of anilines is 1. The Labute approximate surface area is 129 Å². The third-order valence-corrected chi connectivity index (χ3v) is 2.80. The van der Waals surface area contributed by atoms with Crippen molar-refractivity contribution < 1.29 is 13.9 Å². The standard InChI is InChI=1S/C17H19FN2O2/c1-12(2)22-16-9-4-13(10-17(16)21-3)11-19-20-15-7-5-14(18)6-8-15/h4-12,20H,1-3H3/b19-11+. The molecular weight excluding hydrogens is 283 g/mol. The minimum atomic E-state index is -0.278. The highest BCUT2D eigenvalue weighted by Gasteiger charge is 2.06. The Hall–Kier alpha value is -2.56. The summed E-state index contributed by atoms with van der Waals surface area (Å²) in [5.41, 5.74) is 4.41. The van der Waals surface area contributed by atoms with Gasteiger partial charge in [0, 0.05) is 0 Å². The van der Waals surface area contributed by atoms with Gasteiger partial charge in [0.1, 0.15) is 5.82 Å². The molecule has 0 saturated heterocycles. The van der Waals surface area contributed by atoms with E-state index < -0.39 is 0 Å². The number of hydrogen-bond donors (Lipinski definition) is 1. The molecule has 0 unspecified atom stereocenters. The Morgan fingerprint density at radius 2 is 1.82 bits per heavy atom. The molecule has 0 radical (unpaired) electrons. The summed E-state index contributed by atoms with van der Waals surface area (Å²) in [6.07, 6.45) is 1.74. The van der Waals surface area contributed by atoms with Gasteiger partial charge in [-0.05, 0) is 61.9 Å². The predicted molar refractivity (Wildman–Crippen MR) is 86.4 cm³/mol. The fraction of sp³-hybridized carbons (Fsp3) is 0.235. The van der Waals surface area contributed by atoms with Gasteiger partial charge in [0.2, 0.25) is 0 Å². The van der Waals surface area contributed by atoms with Crippen LogP contribution in [0.2, 0.25) is 0 Å². The molecule has 0 bridgehead atoms. The molecule has 2 rings (SSSR count). The minimum Gasteiger partial charge on any atom is -0.493 e. The molecule has 4 nitrogen and oxygen atoms in total. The molecule has 0 aromatic heterocycles. The molecule has 22 heavy (non-hydrogen) atoms. The van der Waals surface area contributed by atoms with E-state index in [2.05, 4.69) is 10.5 Å². The van der Waals surface area contributed by atoms with Gasteiger partial charge >= 0.3 is 0 Å². The molecule has 0 atom stereocenters. The fourth-order valence-electron chi connectivity index (χ4n) is 1.82. The maximum atomic E-state index is 12.8. The van der Waals surface area contributed by atoms with Crippen LogP contribution >= 0.6 is 0 Å². The first-order valence-electron chi connectivity index (χ1n) is 6.98. The Bertz CT molecular complexity index is 640. The number of hydrogen-bond acceptors (Lipinski definition) is 4. The first-order chi connectivity index (χ1) is 10.6. The van der Waals surface area contributed by atoms with Crippen molar-refractivity contribution in [1.82, 2.24) is 0 Å². The number of benzene rings is 2. The van der Waals surface area contributed by atoms with Gasteiger partial charge in [-0.15, -0.1) is 0 Å². The topological polar surface area (TPSA) is 42.8 Å². The highest BCUT2D eigenvalue weighted by atomic mass is 19.1. The summed E-state index contributed by atoms with van der Waals surface area (Å²) in [5, 5.41) is 4.11. The molecule has 0 saturated carbocycles. The lowest BCUT2D eigenvalue weighted by Gasteiger charge is -2.13. The Kier molecular flexibility index (Phi) is 5.36. The lowest BCUT2D eigenvalue weighted by molar-refractivity contribution is 0.230. The Balaban J connectivity index is 2.05. The van der Waals surface area contributed by atoms with Gasteiger partial charge in [-0.2, -0.15) is 5.10 Å². The van der Waals surface area contributed by atoms with E-state index in [0.29, 0.717) is 17.2 Å². The van der Waals surface area contributed by atoms with Crippen molar-refractivity contribution in [2.75, 3.05) is 12.5 Å². The molecule has 116 valence electrons. The van der Waals surface area contributed by atoms with E-state index in [1.807, 2.05) is 32.0 Å². The lowest BCUT2D eigenvalue weighted by Crippen LogP contribution is -2.06. The summed E-state index contributed by atoms with van der Waals surface area (Å²) >= 11 is 0. The second-order valence-corrected chi connectivity index (χ2v) is 4.95. The number of nitrogens with one attached hydrogen (secondary N) is 1. The SMILES string of the molecule is COc1cc(/C=N/Nc2ccc(F)cc2)ccc1OC(C)C. The van der Waals surface area contributed by atoms with Crippen LogP contribution < -0.4 is 14.9 Å². The molecule has 0 spiro atoms. The molecule has 0 amide bonds. The third-order valence-electron chi connectivity index (χ3n) is 2.80. The molecule has 0 aliphatic rings. The van der Waals surface area contributed by atoms with E-state index in [1.165, 1.54) is 12.1 Å². The zero-order chi connectivity index (χ0) is 15.9. The van der Waals surface area contributed by atoms with Gasteiger partial charge in [-0.1, -0.05) is 0 Å². The maximum Gasteiger partial charge on any atom is 0.161 e. The van der Waals surface area contributed by atoms with Crippen LogP contribution in [0, 0.1) is 5.82 Å². The van der Waals surface area contributed by atoms with Crippen LogP contribution in [0.3, 0.4) is 0 Å². The largest absolute Gasteiger partial charge is 0.493 e. The van der Waals surface area contributed by atoms with Crippen molar-refractivity contribution in [2.24, 2.45) is 5.10 Å². The zero-order valence-electron chi connectivity index (χ0n) is 12.8. The number of halogens is 1. The molecular formula is C17H19FN2O2. The van der Waals surface area contributed by atoms with Crippen molar-refractivity contribution in [1.29, 1.82) is 0 Å². The number of rotatable bonds is 6. The third kappa shape index (κ3) is 4.48. The summed E-state index contributed by atoms with van der Waals surface area (Å²) in [4.78, 5) is 0. The summed E-state index contributed by atoms with van der Waals surface area (Å²) in [7, 11) is 1.60. The molecule has 0 heterocycles. The van der Waals surface area contributed by atoms with E-state index in [1.54, 1.807) is 25.5 Å². The second kappa shape index (κ2) is 7.45. The summed E-state index contributed by atoms with van der Waals surface area (Å²) in [6, 6.07) is 11.6. The first-order valence-corrected chi connectivity index (χ1v) is 6.98. The van der Waals surface area contributed by atoms with Gasteiger partial charge in [-0.25, -0.2) is 4.39 Å². The van der Waals surface area contributed by atoms with Gasteiger partial charge in [0.25, 0.3) is 0 Å². The minimum absolute atomic E-state index is 0.0774. The molecule has 0 aliphatic carbocycles. The Morgan fingerprint density at radius 1 is 1.09 bits per heavy atom. The maximum absolute atomic E-state index is 12.8. The number of ether oxygens (including phenoxy) is 2. The Morgan fingerprint density at radius 3 is 2.45 bits per heavy atom. The first kappa shape index (κ1) is 15.8. The zero-order valence-corrected chi connectivity index (χ0v) is 12.8. The predicted octanol–water partition coefficient (Wildman–Crippen LogP) is 4.07. The quantitative estimate of drug-likeness (QED) is 0.646. The van der Waals surface area contributed by atoms with E-state index in [9.17, 15) is 4.39 Å². The van der Waals surface area contributed by atoms with Crippen LogP contribution in [0.4, 0.5) is 10.1 Å². The van der Waals surface area contributed by atoms with Crippen molar-refractivity contribution in [2.45, 2.75) is 20.0 Å². The van der Waals surface area contributed by atoms with Crippen molar-refractivity contribution >= 4 is 11.9 Å². The van der Waals surface area contributed by atoms with E-state index in [4.69, 9.17) is 9.47 Å². The second-order valence-electron chi connectivity index (χ2n) is 4.95.